The van der Waals surface area contributed by atoms with Crippen molar-refractivity contribution in [2.24, 2.45) is 0 Å². The Bertz CT molecular complexity index is 9.61. The molecule has 0 aromatic rings. The maximum absolute atomic E-state index is 0. The molecule has 0 saturated heterocycles. The van der Waals surface area contributed by atoms with E-state index in [1.165, 1.54) is 0 Å². The van der Waals surface area contributed by atoms with E-state index in [-0.39, 0.29) is 44.6 Å². The summed E-state index contributed by atoms with van der Waals surface area (Å²) in [7, 11) is 0. The van der Waals surface area contributed by atoms with Gasteiger partial charge in [-0.25, -0.2) is 0 Å². The van der Waals surface area contributed by atoms with Crippen LogP contribution in [0, 0.1) is 7.43 Å². The predicted molar refractivity (Wildman–Crippen MR) is 18.9 cm³/mol. The van der Waals surface area contributed by atoms with Crippen LogP contribution in [0.5, 0.6) is 0 Å². The molecule has 0 aliphatic carbocycles. The van der Waals surface area contributed by atoms with Gasteiger partial charge in [-0.05, 0) is 0 Å². The maximum Gasteiger partial charge on any atom is 0 e. The van der Waals surface area contributed by atoms with Crippen molar-refractivity contribution in [3.05, 3.63) is 13.6 Å². The number of nitrogens with two attached hydrogens (primary N) is 1. The Hall–Kier alpha value is 0.529. The van der Waals surface area contributed by atoms with E-state index < -0.39 is 0 Å². The van der Waals surface area contributed by atoms with Gasteiger partial charge in [0.25, 0.3) is 0 Å². The smallest absolute Gasteiger partial charge is 0 e. The molecule has 0 rings (SSSR count). The molecule has 0 unspecified atom stereocenters. The first kappa shape index (κ1) is 405. The SMILES string of the molecule is O.O.[CH3-].[Ir].[NH2-]. The van der Waals surface area contributed by atoms with Gasteiger partial charge < -0.3 is 24.5 Å². The zero-order valence-corrected chi connectivity index (χ0v) is 5.31. The van der Waals surface area contributed by atoms with Crippen molar-refractivity contribution in [1.82, 2.24) is 0 Å². The summed E-state index contributed by atoms with van der Waals surface area (Å²) in [6.45, 7) is 0. The van der Waals surface area contributed by atoms with E-state index in [2.05, 4.69) is 0 Å². The molecule has 0 heterocycles. The van der Waals surface area contributed by atoms with Crippen LogP contribution in [0.25, 0.3) is 6.15 Å². The molecule has 0 saturated carbocycles. The third-order valence-corrected chi connectivity index (χ3v) is 0. The minimum Gasteiger partial charge on any atom is -0.693 e. The fourth-order valence-electron chi connectivity index (χ4n) is 0. The molecule has 0 aliphatic heterocycles. The molecule has 4 heteroatoms. The van der Waals surface area contributed by atoms with E-state index in [0.29, 0.717) is 0 Å². The second-order valence-corrected chi connectivity index (χ2v) is 0. The number of rotatable bonds is 0. The van der Waals surface area contributed by atoms with E-state index in [1.807, 2.05) is 0 Å². The summed E-state index contributed by atoms with van der Waals surface area (Å²) in [6.07, 6.45) is 0. The predicted octanol–water partition coefficient (Wildman–Crippen LogP) is -0.485. The quantitative estimate of drug-likeness (QED) is 0.525. The third kappa shape index (κ3) is 103. The molecular weight excluding hydrogens is 250 g/mol. The standard InChI is InChI=1S/CH3.Ir.H2N.2H2O/h1H3;;3*1H2/q-1;;-1;;. The van der Waals surface area contributed by atoms with Crippen molar-refractivity contribution in [3.63, 3.8) is 0 Å². The van der Waals surface area contributed by atoms with Crippen molar-refractivity contribution >= 4 is 0 Å². The zero-order chi connectivity index (χ0) is 0. The summed E-state index contributed by atoms with van der Waals surface area (Å²) >= 11 is 0. The Kier molecular flexibility index (Phi) is 16300. The van der Waals surface area contributed by atoms with Crippen molar-refractivity contribution in [3.8, 4) is 0 Å². The first-order chi connectivity index (χ1) is 0. The first-order valence-corrected chi connectivity index (χ1v) is 0. The van der Waals surface area contributed by atoms with Gasteiger partial charge in [-0.3, -0.25) is 0 Å². The van der Waals surface area contributed by atoms with E-state index >= 15 is 0 Å². The van der Waals surface area contributed by atoms with Crippen LogP contribution < -0.4 is 0 Å². The Morgan fingerprint density at radius 2 is 0.800 bits per heavy atom. The normalized spacial score (nSPS) is 0. The summed E-state index contributed by atoms with van der Waals surface area (Å²) in [6, 6.07) is 0. The average Bonchev–Trinajstić information content (AvgIpc) is 0. The molecule has 3 nitrogen and oxygen atoms in total. The molecule has 0 aliphatic rings. The summed E-state index contributed by atoms with van der Waals surface area (Å²) in [5, 5.41) is 0. The Balaban J connectivity index is 0. The molecule has 0 amide bonds. The van der Waals surface area contributed by atoms with Crippen LogP contribution in [0.2, 0.25) is 0 Å². The Morgan fingerprint density at radius 1 is 0.800 bits per heavy atom. The van der Waals surface area contributed by atoms with Crippen molar-refractivity contribution in [1.29, 1.82) is 0 Å². The minimum absolute atomic E-state index is 0. The Labute approximate surface area is 45.3 Å². The van der Waals surface area contributed by atoms with Gasteiger partial charge in [0.15, 0.2) is 0 Å². The molecule has 0 aromatic heterocycles. The van der Waals surface area contributed by atoms with Gasteiger partial charge in [-0.1, -0.05) is 0 Å². The molecule has 1 radical (unpaired) electrons. The summed E-state index contributed by atoms with van der Waals surface area (Å²) in [5.74, 6) is 0. The second-order valence-electron chi connectivity index (χ2n) is 0. The molecule has 0 aromatic carbocycles. The van der Waals surface area contributed by atoms with Gasteiger partial charge in [-0.2, -0.15) is 0 Å². The van der Waals surface area contributed by atoms with E-state index in [1.54, 1.807) is 0 Å². The summed E-state index contributed by atoms with van der Waals surface area (Å²) < 4.78 is 0. The van der Waals surface area contributed by atoms with Crippen LogP contribution in [0.1, 0.15) is 0 Å². The molecule has 0 atom stereocenters. The van der Waals surface area contributed by atoms with Crippen molar-refractivity contribution < 1.29 is 31.1 Å². The number of hydrogen-bond donors (Lipinski definition) is 0. The second kappa shape index (κ2) is 201. The van der Waals surface area contributed by atoms with Crippen LogP contribution in [0.4, 0.5) is 0 Å². The third-order valence-electron chi connectivity index (χ3n) is 0. The molecule has 6 N–H and O–H groups in total. The van der Waals surface area contributed by atoms with E-state index in [0.717, 1.165) is 0 Å². The van der Waals surface area contributed by atoms with Crippen LogP contribution in [-0.2, 0) is 20.1 Å². The van der Waals surface area contributed by atoms with Crippen LogP contribution in [0.15, 0.2) is 0 Å². The van der Waals surface area contributed by atoms with Crippen LogP contribution in [0.3, 0.4) is 0 Å². The molecule has 41 valence electrons. The fourth-order valence-corrected chi connectivity index (χ4v) is 0. The van der Waals surface area contributed by atoms with Gasteiger partial charge in [0.2, 0.25) is 0 Å². The van der Waals surface area contributed by atoms with E-state index in [9.17, 15) is 0 Å². The van der Waals surface area contributed by atoms with Gasteiger partial charge in [-0.15, -0.1) is 0 Å². The molecule has 0 spiro atoms. The summed E-state index contributed by atoms with van der Waals surface area (Å²) in [4.78, 5) is 0. The average molecular weight is 259 g/mol. The molecule has 0 bridgehead atoms. The van der Waals surface area contributed by atoms with Crippen LogP contribution >= 0.6 is 0 Å². The fraction of sp³-hybridized carbons (Fsp3) is 0. The largest absolute Gasteiger partial charge is 0.693 e. The van der Waals surface area contributed by atoms with Gasteiger partial charge >= 0.3 is 0 Å². The van der Waals surface area contributed by atoms with Gasteiger partial charge in [0.05, 0.1) is 0 Å². The molecule has 5 heavy (non-hydrogen) atoms. The topological polar surface area (TPSA) is 96.5 Å². The molecule has 0 fully saturated rings. The zero-order valence-electron chi connectivity index (χ0n) is 2.91. The van der Waals surface area contributed by atoms with E-state index in [4.69, 9.17) is 0 Å². The monoisotopic (exact) mass is 260 g/mol. The van der Waals surface area contributed by atoms with Crippen molar-refractivity contribution in [2.75, 3.05) is 0 Å². The summed E-state index contributed by atoms with van der Waals surface area (Å²) in [5.41, 5.74) is 0. The Morgan fingerprint density at radius 3 is 0.800 bits per heavy atom. The number of hydrogen-bond acceptors (Lipinski definition) is 0. The first-order valence-electron chi connectivity index (χ1n) is 0. The van der Waals surface area contributed by atoms with Crippen LogP contribution in [-0.4, -0.2) is 11.0 Å². The maximum atomic E-state index is 0. The van der Waals surface area contributed by atoms with Gasteiger partial charge in [0.1, 0.15) is 0 Å². The van der Waals surface area contributed by atoms with Gasteiger partial charge in [0, 0.05) is 20.1 Å². The van der Waals surface area contributed by atoms with Crippen molar-refractivity contribution in [2.45, 2.75) is 0 Å². The molecular formula is CH9IrNO2-2. The minimum atomic E-state index is 0.